The van der Waals surface area contributed by atoms with Crippen LogP contribution in [0.5, 0.6) is 0 Å². The Bertz CT molecular complexity index is 260. The molecule has 0 saturated heterocycles. The molecule has 0 radical (unpaired) electrons. The molecule has 1 aliphatic rings. The maximum Gasteiger partial charge on any atom is 0.0946 e. The van der Waals surface area contributed by atoms with Crippen LogP contribution in [0.1, 0.15) is 32.1 Å². The molecule has 1 saturated carbocycles. The van der Waals surface area contributed by atoms with Gasteiger partial charge < -0.3 is 10.3 Å². The lowest BCUT2D eigenvalue weighted by Crippen LogP contribution is -2.36. The Balaban J connectivity index is 2.04. The van der Waals surface area contributed by atoms with Gasteiger partial charge in [-0.15, -0.1) is 0 Å². The SMILES string of the molecule is NCC1(Cn2ccnc2)CCCCC1. The molecule has 78 valence electrons. The summed E-state index contributed by atoms with van der Waals surface area (Å²) < 4.78 is 2.16. The fourth-order valence-electron chi connectivity index (χ4n) is 2.50. The molecule has 1 aromatic heterocycles. The van der Waals surface area contributed by atoms with Crippen molar-refractivity contribution in [3.05, 3.63) is 18.7 Å². The average molecular weight is 193 g/mol. The van der Waals surface area contributed by atoms with Crippen LogP contribution in [0, 0.1) is 5.41 Å². The molecule has 1 aliphatic carbocycles. The zero-order valence-electron chi connectivity index (χ0n) is 8.65. The van der Waals surface area contributed by atoms with Crippen molar-refractivity contribution in [2.75, 3.05) is 6.54 Å². The van der Waals surface area contributed by atoms with E-state index < -0.39 is 0 Å². The van der Waals surface area contributed by atoms with E-state index in [0.29, 0.717) is 5.41 Å². The minimum Gasteiger partial charge on any atom is -0.337 e. The number of hydrogen-bond donors (Lipinski definition) is 1. The fourth-order valence-corrected chi connectivity index (χ4v) is 2.50. The van der Waals surface area contributed by atoms with Gasteiger partial charge in [0.2, 0.25) is 0 Å². The molecule has 14 heavy (non-hydrogen) atoms. The first-order valence-corrected chi connectivity index (χ1v) is 5.50. The molecule has 2 rings (SSSR count). The molecule has 3 heteroatoms. The third kappa shape index (κ3) is 1.98. The first-order valence-electron chi connectivity index (χ1n) is 5.50. The van der Waals surface area contributed by atoms with Gasteiger partial charge in [0.1, 0.15) is 0 Å². The Morgan fingerprint density at radius 1 is 1.29 bits per heavy atom. The summed E-state index contributed by atoms with van der Waals surface area (Å²) >= 11 is 0. The summed E-state index contributed by atoms with van der Waals surface area (Å²) in [6.07, 6.45) is 12.4. The number of aromatic nitrogens is 2. The molecule has 2 N–H and O–H groups in total. The largest absolute Gasteiger partial charge is 0.337 e. The summed E-state index contributed by atoms with van der Waals surface area (Å²) in [7, 11) is 0. The van der Waals surface area contributed by atoms with Gasteiger partial charge in [-0.05, 0) is 19.4 Å². The second kappa shape index (κ2) is 4.13. The highest BCUT2D eigenvalue weighted by Gasteiger charge is 2.30. The standard InChI is InChI=1S/C11H19N3/c12-8-11(4-2-1-3-5-11)9-14-7-6-13-10-14/h6-7,10H,1-5,8-9,12H2. The Morgan fingerprint density at radius 3 is 2.64 bits per heavy atom. The summed E-state index contributed by atoms with van der Waals surface area (Å²) in [5, 5.41) is 0. The lowest BCUT2D eigenvalue weighted by molar-refractivity contribution is 0.167. The third-order valence-electron chi connectivity index (χ3n) is 3.42. The summed E-state index contributed by atoms with van der Waals surface area (Å²) in [5.41, 5.74) is 6.27. The second-order valence-corrected chi connectivity index (χ2v) is 4.50. The van der Waals surface area contributed by atoms with Crippen molar-refractivity contribution in [1.29, 1.82) is 0 Å². The second-order valence-electron chi connectivity index (χ2n) is 4.50. The van der Waals surface area contributed by atoms with Crippen molar-refractivity contribution < 1.29 is 0 Å². The van der Waals surface area contributed by atoms with Crippen LogP contribution in [0.25, 0.3) is 0 Å². The van der Waals surface area contributed by atoms with Gasteiger partial charge >= 0.3 is 0 Å². The van der Waals surface area contributed by atoms with Gasteiger partial charge in [0.25, 0.3) is 0 Å². The van der Waals surface area contributed by atoms with Crippen LogP contribution < -0.4 is 5.73 Å². The lowest BCUT2D eigenvalue weighted by Gasteiger charge is -2.36. The van der Waals surface area contributed by atoms with Gasteiger partial charge in [-0.3, -0.25) is 0 Å². The van der Waals surface area contributed by atoms with E-state index >= 15 is 0 Å². The Kier molecular flexibility index (Phi) is 2.87. The zero-order chi connectivity index (χ0) is 9.86. The molecule has 3 nitrogen and oxygen atoms in total. The molecule has 0 unspecified atom stereocenters. The van der Waals surface area contributed by atoms with Crippen molar-refractivity contribution in [3.63, 3.8) is 0 Å². The normalized spacial score (nSPS) is 20.9. The first-order chi connectivity index (χ1) is 6.85. The monoisotopic (exact) mass is 193 g/mol. The maximum atomic E-state index is 5.92. The Hall–Kier alpha value is -0.830. The van der Waals surface area contributed by atoms with Crippen molar-refractivity contribution in [2.24, 2.45) is 11.1 Å². The van der Waals surface area contributed by atoms with E-state index in [1.54, 1.807) is 0 Å². The average Bonchev–Trinajstić information content (AvgIpc) is 2.72. The minimum atomic E-state index is 0.346. The molecule has 1 fully saturated rings. The van der Waals surface area contributed by atoms with Gasteiger partial charge in [0.15, 0.2) is 0 Å². The quantitative estimate of drug-likeness (QED) is 0.795. The molecule has 0 spiro atoms. The lowest BCUT2D eigenvalue weighted by atomic mass is 9.74. The van der Waals surface area contributed by atoms with Crippen molar-refractivity contribution in [3.8, 4) is 0 Å². The molecule has 1 heterocycles. The maximum absolute atomic E-state index is 5.92. The highest BCUT2D eigenvalue weighted by atomic mass is 15.0. The number of nitrogens with zero attached hydrogens (tertiary/aromatic N) is 2. The van der Waals surface area contributed by atoms with E-state index in [1.807, 2.05) is 18.7 Å². The van der Waals surface area contributed by atoms with E-state index in [2.05, 4.69) is 9.55 Å². The summed E-state index contributed by atoms with van der Waals surface area (Å²) in [5.74, 6) is 0. The summed E-state index contributed by atoms with van der Waals surface area (Å²) in [6.45, 7) is 1.86. The summed E-state index contributed by atoms with van der Waals surface area (Å²) in [4.78, 5) is 4.08. The van der Waals surface area contributed by atoms with Crippen LogP contribution in [0.4, 0.5) is 0 Å². The van der Waals surface area contributed by atoms with E-state index in [0.717, 1.165) is 13.1 Å². The van der Waals surface area contributed by atoms with Crippen molar-refractivity contribution in [2.45, 2.75) is 38.6 Å². The van der Waals surface area contributed by atoms with Crippen LogP contribution in [0.3, 0.4) is 0 Å². The van der Waals surface area contributed by atoms with E-state index in [9.17, 15) is 0 Å². The smallest absolute Gasteiger partial charge is 0.0946 e. The Morgan fingerprint density at radius 2 is 2.07 bits per heavy atom. The van der Waals surface area contributed by atoms with E-state index in [-0.39, 0.29) is 0 Å². The van der Waals surface area contributed by atoms with Gasteiger partial charge in [-0.1, -0.05) is 19.3 Å². The minimum absolute atomic E-state index is 0.346. The third-order valence-corrected chi connectivity index (χ3v) is 3.42. The number of rotatable bonds is 3. The van der Waals surface area contributed by atoms with Gasteiger partial charge in [0, 0.05) is 24.4 Å². The Labute approximate surface area is 85.3 Å². The predicted molar refractivity (Wildman–Crippen MR) is 56.8 cm³/mol. The van der Waals surface area contributed by atoms with Gasteiger partial charge in [-0.25, -0.2) is 4.98 Å². The van der Waals surface area contributed by atoms with Crippen LogP contribution in [0.15, 0.2) is 18.7 Å². The number of nitrogens with two attached hydrogens (primary N) is 1. The predicted octanol–water partition coefficient (Wildman–Crippen LogP) is 1.79. The van der Waals surface area contributed by atoms with Crippen LogP contribution in [-0.4, -0.2) is 16.1 Å². The molecule has 1 aromatic rings. The number of hydrogen-bond acceptors (Lipinski definition) is 2. The molecular weight excluding hydrogens is 174 g/mol. The van der Waals surface area contributed by atoms with Gasteiger partial charge in [-0.2, -0.15) is 0 Å². The van der Waals surface area contributed by atoms with Crippen LogP contribution in [-0.2, 0) is 6.54 Å². The molecular formula is C11H19N3. The van der Waals surface area contributed by atoms with Gasteiger partial charge in [0.05, 0.1) is 6.33 Å². The van der Waals surface area contributed by atoms with E-state index in [4.69, 9.17) is 5.73 Å². The molecule has 0 amide bonds. The highest BCUT2D eigenvalue weighted by Crippen LogP contribution is 2.36. The first kappa shape index (κ1) is 9.71. The molecule has 0 atom stereocenters. The van der Waals surface area contributed by atoms with Crippen molar-refractivity contribution in [1.82, 2.24) is 9.55 Å². The van der Waals surface area contributed by atoms with Crippen molar-refractivity contribution >= 4 is 0 Å². The molecule has 0 bridgehead atoms. The van der Waals surface area contributed by atoms with E-state index in [1.165, 1.54) is 32.1 Å². The molecule has 0 aromatic carbocycles. The zero-order valence-corrected chi connectivity index (χ0v) is 8.65. The summed E-state index contributed by atoms with van der Waals surface area (Å²) in [6, 6.07) is 0. The number of imidazole rings is 1. The molecule has 0 aliphatic heterocycles. The highest BCUT2D eigenvalue weighted by molar-refractivity contribution is 4.86. The van der Waals surface area contributed by atoms with Crippen LogP contribution in [0.2, 0.25) is 0 Å². The fraction of sp³-hybridized carbons (Fsp3) is 0.727. The topological polar surface area (TPSA) is 43.8 Å². The van der Waals surface area contributed by atoms with Crippen LogP contribution >= 0.6 is 0 Å².